The van der Waals surface area contributed by atoms with Crippen molar-refractivity contribution >= 4 is 24.0 Å². The van der Waals surface area contributed by atoms with Crippen LogP contribution in [0.3, 0.4) is 0 Å². The Kier molecular flexibility index (Phi) is 8.82. The van der Waals surface area contributed by atoms with Crippen LogP contribution >= 0.6 is 0 Å². The molecule has 0 bridgehead atoms. The monoisotopic (exact) mass is 487 g/mol. The number of hydrogen-bond acceptors (Lipinski definition) is 8. The Morgan fingerprint density at radius 2 is 1.86 bits per heavy atom. The van der Waals surface area contributed by atoms with Gasteiger partial charge in [-0.15, -0.1) is 0 Å². The standard InChI is InChI=1S/C26H33NO8/c1-3-4-15(11-16-5-8-18(30)9-6-16)7-10-21(31)22-17(13-28)12-19-23(20(22)14-29)25(33)27(24(19)32)26(34)35-2/h5-6,8-9,11,19-21,23,28-31H,3-4,7,10,12-14H2,1-2H3/b15-11+/t19-,20+,21-,23-/m1/s1. The maximum Gasteiger partial charge on any atom is 0.423 e. The number of nitrogens with zero attached hydrogens (tertiary/aromatic N) is 1. The fourth-order valence-electron chi connectivity index (χ4n) is 5.25. The number of amides is 3. The summed E-state index contributed by atoms with van der Waals surface area (Å²) in [5.41, 5.74) is 2.78. The van der Waals surface area contributed by atoms with E-state index in [-0.39, 0.29) is 12.2 Å². The highest BCUT2D eigenvalue weighted by atomic mass is 16.5. The van der Waals surface area contributed by atoms with Crippen LogP contribution in [0, 0.1) is 17.8 Å². The Labute approximate surface area is 204 Å². The van der Waals surface area contributed by atoms with Crippen LogP contribution in [0.15, 0.2) is 41.0 Å². The van der Waals surface area contributed by atoms with Gasteiger partial charge in [-0.05, 0) is 54.5 Å². The number of carbonyl (C=O) groups excluding carboxylic acids is 3. The number of rotatable bonds is 9. The lowest BCUT2D eigenvalue weighted by Crippen LogP contribution is -2.40. The number of phenolic OH excluding ortho intramolecular Hbond substituents is 1. The SMILES string of the molecule is CCC/C(=C\c1ccc(O)cc1)CC[C@@H](O)C1=C(CO)C[C@H]2C(=O)N(C(=O)OC)C(=O)[C@H]2[C@H]1CO. The number of aliphatic hydroxyl groups excluding tert-OH is 3. The Balaban J connectivity index is 1.84. The van der Waals surface area contributed by atoms with E-state index >= 15 is 0 Å². The molecule has 3 rings (SSSR count). The van der Waals surface area contributed by atoms with Crippen LogP contribution in [-0.4, -0.2) is 69.7 Å². The van der Waals surface area contributed by atoms with E-state index in [1.54, 1.807) is 24.3 Å². The quantitative estimate of drug-likeness (QED) is 0.307. The first kappa shape index (κ1) is 26.6. The zero-order valence-corrected chi connectivity index (χ0v) is 20.0. The van der Waals surface area contributed by atoms with Crippen molar-refractivity contribution in [2.24, 2.45) is 17.8 Å². The average molecular weight is 488 g/mol. The number of aliphatic hydroxyl groups is 3. The number of carbonyl (C=O) groups is 3. The summed E-state index contributed by atoms with van der Waals surface area (Å²) in [6, 6.07) is 6.80. The van der Waals surface area contributed by atoms with Gasteiger partial charge in [-0.2, -0.15) is 4.90 Å². The first-order valence-corrected chi connectivity index (χ1v) is 11.8. The van der Waals surface area contributed by atoms with Crippen molar-refractivity contribution in [1.29, 1.82) is 0 Å². The average Bonchev–Trinajstić information content (AvgIpc) is 3.11. The second-order valence-corrected chi connectivity index (χ2v) is 9.02. The summed E-state index contributed by atoms with van der Waals surface area (Å²) in [6.45, 7) is 1.10. The summed E-state index contributed by atoms with van der Waals surface area (Å²) in [5, 5.41) is 40.8. The number of aromatic hydroxyl groups is 1. The number of fused-ring (bicyclic) bond motifs is 1. The van der Waals surface area contributed by atoms with Crippen molar-refractivity contribution < 1.29 is 39.5 Å². The third-order valence-electron chi connectivity index (χ3n) is 6.86. The van der Waals surface area contributed by atoms with Crippen LogP contribution in [-0.2, 0) is 14.3 Å². The predicted octanol–water partition coefficient (Wildman–Crippen LogP) is 2.39. The highest BCUT2D eigenvalue weighted by molar-refractivity contribution is 6.16. The number of ether oxygens (including phenoxy) is 1. The van der Waals surface area contributed by atoms with Crippen molar-refractivity contribution in [3.8, 4) is 5.75 Å². The lowest BCUT2D eigenvalue weighted by Gasteiger charge is -2.36. The summed E-state index contributed by atoms with van der Waals surface area (Å²) in [5.74, 6) is -4.10. The molecule has 1 fully saturated rings. The smallest absolute Gasteiger partial charge is 0.423 e. The molecular formula is C26H33NO8. The normalized spacial score (nSPS) is 23.5. The molecule has 4 N–H and O–H groups in total. The molecule has 0 saturated carbocycles. The Morgan fingerprint density at radius 3 is 2.43 bits per heavy atom. The van der Waals surface area contributed by atoms with Crippen LogP contribution in [0.5, 0.6) is 5.75 Å². The van der Waals surface area contributed by atoms with Crippen molar-refractivity contribution in [3.63, 3.8) is 0 Å². The molecule has 1 aliphatic carbocycles. The molecule has 1 aromatic carbocycles. The second-order valence-electron chi connectivity index (χ2n) is 9.02. The van der Waals surface area contributed by atoms with Crippen LogP contribution in [0.4, 0.5) is 4.79 Å². The molecular weight excluding hydrogens is 454 g/mol. The van der Waals surface area contributed by atoms with Gasteiger partial charge in [0.25, 0.3) is 0 Å². The summed E-state index contributed by atoms with van der Waals surface area (Å²) in [4.78, 5) is 38.2. The largest absolute Gasteiger partial charge is 0.508 e. The van der Waals surface area contributed by atoms with Gasteiger partial charge < -0.3 is 25.2 Å². The van der Waals surface area contributed by atoms with Crippen molar-refractivity contribution in [3.05, 3.63) is 46.5 Å². The van der Waals surface area contributed by atoms with Gasteiger partial charge in [0.1, 0.15) is 5.75 Å². The first-order chi connectivity index (χ1) is 16.8. The van der Waals surface area contributed by atoms with Gasteiger partial charge in [-0.3, -0.25) is 9.59 Å². The van der Waals surface area contributed by atoms with Gasteiger partial charge in [0.05, 0.1) is 38.3 Å². The topological polar surface area (TPSA) is 145 Å². The molecule has 0 radical (unpaired) electrons. The van der Waals surface area contributed by atoms with E-state index in [1.165, 1.54) is 0 Å². The van der Waals surface area contributed by atoms with Gasteiger partial charge in [0.15, 0.2) is 0 Å². The van der Waals surface area contributed by atoms with Crippen LogP contribution < -0.4 is 0 Å². The van der Waals surface area contributed by atoms with Crippen LogP contribution in [0.2, 0.25) is 0 Å². The van der Waals surface area contributed by atoms with Crippen molar-refractivity contribution in [1.82, 2.24) is 4.90 Å². The fraction of sp³-hybridized carbons (Fsp3) is 0.500. The molecule has 4 atom stereocenters. The molecule has 0 aromatic heterocycles. The minimum absolute atomic E-state index is 0.0211. The number of phenols is 1. The molecule has 1 aromatic rings. The molecule has 1 aliphatic heterocycles. The third-order valence-corrected chi connectivity index (χ3v) is 6.86. The highest BCUT2D eigenvalue weighted by Gasteiger charge is 2.57. The zero-order chi connectivity index (χ0) is 25.7. The van der Waals surface area contributed by atoms with Gasteiger partial charge in [-0.25, -0.2) is 4.79 Å². The number of hydrogen-bond donors (Lipinski definition) is 4. The van der Waals surface area contributed by atoms with E-state index in [9.17, 15) is 34.8 Å². The van der Waals surface area contributed by atoms with Gasteiger partial charge >= 0.3 is 6.09 Å². The number of imide groups is 3. The number of allylic oxidation sites excluding steroid dienone is 1. The van der Waals surface area contributed by atoms with Crippen molar-refractivity contribution in [2.75, 3.05) is 20.3 Å². The third kappa shape index (κ3) is 5.47. The van der Waals surface area contributed by atoms with Crippen molar-refractivity contribution in [2.45, 2.75) is 45.1 Å². The zero-order valence-electron chi connectivity index (χ0n) is 20.0. The van der Waals surface area contributed by atoms with Crippen LogP contribution in [0.1, 0.15) is 44.6 Å². The first-order valence-electron chi connectivity index (χ1n) is 11.8. The predicted molar refractivity (Wildman–Crippen MR) is 127 cm³/mol. The molecule has 9 nitrogen and oxygen atoms in total. The summed E-state index contributed by atoms with van der Waals surface area (Å²) in [6.07, 6.45) is 2.42. The van der Waals surface area contributed by atoms with Crippen LogP contribution in [0.25, 0.3) is 6.08 Å². The fourth-order valence-corrected chi connectivity index (χ4v) is 5.25. The minimum Gasteiger partial charge on any atom is -0.508 e. The number of benzene rings is 1. The lowest BCUT2D eigenvalue weighted by molar-refractivity contribution is -0.137. The number of methoxy groups -OCH3 is 1. The molecule has 3 amide bonds. The van der Waals surface area contributed by atoms with E-state index < -0.39 is 55.0 Å². The maximum absolute atomic E-state index is 13.0. The molecule has 1 heterocycles. The highest BCUT2D eigenvalue weighted by Crippen LogP contribution is 2.46. The molecule has 190 valence electrons. The molecule has 9 heteroatoms. The molecule has 1 saturated heterocycles. The van der Waals surface area contributed by atoms with E-state index in [1.807, 2.05) is 13.0 Å². The van der Waals surface area contributed by atoms with E-state index in [2.05, 4.69) is 4.74 Å². The molecule has 0 spiro atoms. The Bertz CT molecular complexity index is 1010. The summed E-state index contributed by atoms with van der Waals surface area (Å²) >= 11 is 0. The van der Waals surface area contributed by atoms with E-state index in [0.717, 1.165) is 31.1 Å². The molecule has 35 heavy (non-hydrogen) atoms. The summed E-state index contributed by atoms with van der Waals surface area (Å²) in [7, 11) is 1.07. The summed E-state index contributed by atoms with van der Waals surface area (Å²) < 4.78 is 4.57. The Morgan fingerprint density at radius 1 is 1.17 bits per heavy atom. The lowest BCUT2D eigenvalue weighted by atomic mass is 9.68. The minimum atomic E-state index is -1.08. The number of likely N-dealkylation sites (tertiary alicyclic amines) is 1. The molecule has 0 unspecified atom stereocenters. The maximum atomic E-state index is 13.0. The Hall–Kier alpha value is -3.01. The second kappa shape index (κ2) is 11.6. The van der Waals surface area contributed by atoms with Gasteiger partial charge in [0.2, 0.25) is 11.8 Å². The van der Waals surface area contributed by atoms with Gasteiger partial charge in [0, 0.05) is 5.92 Å². The van der Waals surface area contributed by atoms with Gasteiger partial charge in [-0.1, -0.05) is 37.1 Å². The van der Waals surface area contributed by atoms with E-state index in [4.69, 9.17) is 0 Å². The van der Waals surface area contributed by atoms with E-state index in [0.29, 0.717) is 28.9 Å². The molecule has 2 aliphatic rings.